The minimum Gasteiger partial charge on any atom is -0.493 e. The molecule has 3 heteroatoms. The van der Waals surface area contributed by atoms with Crippen molar-refractivity contribution in [1.29, 1.82) is 0 Å². The van der Waals surface area contributed by atoms with Crippen molar-refractivity contribution in [2.45, 2.75) is 52.2 Å². The lowest BCUT2D eigenvalue weighted by atomic mass is 10.1. The quantitative estimate of drug-likeness (QED) is 0.802. The van der Waals surface area contributed by atoms with Crippen molar-refractivity contribution in [3.63, 3.8) is 0 Å². The Labute approximate surface area is 115 Å². The van der Waals surface area contributed by atoms with Crippen LogP contribution in [0, 0.1) is 13.8 Å². The molecule has 0 amide bonds. The van der Waals surface area contributed by atoms with Crippen LogP contribution in [-0.2, 0) is 11.3 Å². The van der Waals surface area contributed by atoms with Crippen molar-refractivity contribution < 1.29 is 14.6 Å². The van der Waals surface area contributed by atoms with Gasteiger partial charge < -0.3 is 14.6 Å². The van der Waals surface area contributed by atoms with Crippen molar-refractivity contribution in [2.24, 2.45) is 0 Å². The molecule has 0 radical (unpaired) electrons. The van der Waals surface area contributed by atoms with E-state index in [-0.39, 0.29) is 6.61 Å². The van der Waals surface area contributed by atoms with Crippen LogP contribution in [0.15, 0.2) is 12.1 Å². The number of aryl methyl sites for hydroxylation is 2. The first-order chi connectivity index (χ1) is 9.20. The van der Waals surface area contributed by atoms with Gasteiger partial charge in [-0.15, -0.1) is 0 Å². The maximum absolute atomic E-state index is 9.16. The first-order valence-corrected chi connectivity index (χ1v) is 7.16. The van der Waals surface area contributed by atoms with Crippen molar-refractivity contribution in [2.75, 3.05) is 13.2 Å². The highest BCUT2D eigenvalue weighted by molar-refractivity contribution is 5.43. The SMILES string of the molecule is Cc1cc(CO)cc(C)c1OCCCC1CCCO1. The molecule has 0 spiro atoms. The Bertz CT molecular complexity index is 385. The van der Waals surface area contributed by atoms with Gasteiger partial charge in [0.05, 0.1) is 19.3 Å². The maximum atomic E-state index is 9.16. The highest BCUT2D eigenvalue weighted by Crippen LogP contribution is 2.25. The summed E-state index contributed by atoms with van der Waals surface area (Å²) in [7, 11) is 0. The number of aliphatic hydroxyl groups excluding tert-OH is 1. The van der Waals surface area contributed by atoms with E-state index < -0.39 is 0 Å². The lowest BCUT2D eigenvalue weighted by Gasteiger charge is -2.14. The van der Waals surface area contributed by atoms with E-state index in [9.17, 15) is 0 Å². The molecule has 1 aliphatic rings. The number of hydrogen-bond acceptors (Lipinski definition) is 3. The van der Waals surface area contributed by atoms with E-state index >= 15 is 0 Å². The molecular weight excluding hydrogens is 240 g/mol. The van der Waals surface area contributed by atoms with Gasteiger partial charge in [-0.1, -0.05) is 12.1 Å². The Hall–Kier alpha value is -1.06. The molecule has 1 heterocycles. The smallest absolute Gasteiger partial charge is 0.125 e. The molecule has 19 heavy (non-hydrogen) atoms. The van der Waals surface area contributed by atoms with Crippen LogP contribution in [0.5, 0.6) is 5.75 Å². The molecule has 1 fully saturated rings. The second-order valence-corrected chi connectivity index (χ2v) is 5.34. The number of hydrogen-bond donors (Lipinski definition) is 1. The van der Waals surface area contributed by atoms with Gasteiger partial charge in [0.2, 0.25) is 0 Å². The minimum atomic E-state index is 0.0843. The van der Waals surface area contributed by atoms with Crippen molar-refractivity contribution in [1.82, 2.24) is 0 Å². The Balaban J connectivity index is 1.81. The molecule has 0 saturated carbocycles. The highest BCUT2D eigenvalue weighted by Gasteiger charge is 2.14. The molecule has 1 aromatic carbocycles. The number of aliphatic hydroxyl groups is 1. The largest absolute Gasteiger partial charge is 0.493 e. The number of rotatable bonds is 6. The fourth-order valence-electron chi connectivity index (χ4n) is 2.72. The molecule has 0 bridgehead atoms. The summed E-state index contributed by atoms with van der Waals surface area (Å²) in [6.45, 7) is 5.80. The van der Waals surface area contributed by atoms with Crippen molar-refractivity contribution >= 4 is 0 Å². The topological polar surface area (TPSA) is 38.7 Å². The van der Waals surface area contributed by atoms with Gasteiger partial charge in [0.1, 0.15) is 5.75 Å². The Kier molecular flexibility index (Phi) is 5.23. The predicted molar refractivity (Wildman–Crippen MR) is 75.5 cm³/mol. The van der Waals surface area contributed by atoms with E-state index in [0.29, 0.717) is 6.10 Å². The molecule has 2 rings (SSSR count). The first-order valence-electron chi connectivity index (χ1n) is 7.16. The number of benzene rings is 1. The number of ether oxygens (including phenoxy) is 2. The lowest BCUT2D eigenvalue weighted by molar-refractivity contribution is 0.0980. The van der Waals surface area contributed by atoms with Gasteiger partial charge in [0, 0.05) is 6.61 Å². The zero-order chi connectivity index (χ0) is 13.7. The fraction of sp³-hybridized carbons (Fsp3) is 0.625. The molecular formula is C16H24O3. The summed E-state index contributed by atoms with van der Waals surface area (Å²) in [5.41, 5.74) is 3.14. The normalized spacial score (nSPS) is 18.8. The molecule has 3 nitrogen and oxygen atoms in total. The molecule has 1 unspecified atom stereocenters. The Morgan fingerprint density at radius 1 is 1.32 bits per heavy atom. The zero-order valence-electron chi connectivity index (χ0n) is 11.9. The van der Waals surface area contributed by atoms with Gasteiger partial charge in [0.15, 0.2) is 0 Å². The van der Waals surface area contributed by atoms with Gasteiger partial charge in [-0.2, -0.15) is 0 Å². The molecule has 106 valence electrons. The third-order valence-corrected chi connectivity index (χ3v) is 3.64. The molecule has 0 aliphatic carbocycles. The van der Waals surface area contributed by atoms with E-state index in [1.54, 1.807) is 0 Å². The predicted octanol–water partition coefficient (Wildman–Crippen LogP) is 3.13. The third-order valence-electron chi connectivity index (χ3n) is 3.64. The molecule has 0 aromatic heterocycles. The van der Waals surface area contributed by atoms with E-state index in [4.69, 9.17) is 14.6 Å². The first kappa shape index (κ1) is 14.4. The van der Waals surface area contributed by atoms with Crippen LogP contribution >= 0.6 is 0 Å². The summed E-state index contributed by atoms with van der Waals surface area (Å²) in [6, 6.07) is 3.98. The van der Waals surface area contributed by atoms with Crippen LogP contribution in [0.25, 0.3) is 0 Å². The van der Waals surface area contributed by atoms with E-state index in [2.05, 4.69) is 0 Å². The van der Waals surface area contributed by atoms with Gasteiger partial charge >= 0.3 is 0 Å². The summed E-state index contributed by atoms with van der Waals surface area (Å²) in [6.07, 6.45) is 4.97. The van der Waals surface area contributed by atoms with Gasteiger partial charge in [0.25, 0.3) is 0 Å². The monoisotopic (exact) mass is 264 g/mol. The van der Waals surface area contributed by atoms with Gasteiger partial charge in [-0.3, -0.25) is 0 Å². The van der Waals surface area contributed by atoms with E-state index in [0.717, 1.165) is 48.5 Å². The van der Waals surface area contributed by atoms with Gasteiger partial charge in [-0.05, 0) is 56.2 Å². The third kappa shape index (κ3) is 3.95. The van der Waals surface area contributed by atoms with Crippen LogP contribution in [0.3, 0.4) is 0 Å². The van der Waals surface area contributed by atoms with Crippen LogP contribution in [0.2, 0.25) is 0 Å². The van der Waals surface area contributed by atoms with Crippen LogP contribution in [0.1, 0.15) is 42.4 Å². The van der Waals surface area contributed by atoms with Crippen LogP contribution in [-0.4, -0.2) is 24.4 Å². The van der Waals surface area contributed by atoms with Crippen LogP contribution < -0.4 is 4.74 Å². The zero-order valence-corrected chi connectivity index (χ0v) is 11.9. The molecule has 1 atom stereocenters. The molecule has 1 saturated heterocycles. The second kappa shape index (κ2) is 6.92. The summed E-state index contributed by atoms with van der Waals surface area (Å²) >= 11 is 0. The minimum absolute atomic E-state index is 0.0843. The summed E-state index contributed by atoms with van der Waals surface area (Å²) < 4.78 is 11.5. The molecule has 1 aliphatic heterocycles. The second-order valence-electron chi connectivity index (χ2n) is 5.34. The average molecular weight is 264 g/mol. The average Bonchev–Trinajstić information content (AvgIpc) is 2.89. The van der Waals surface area contributed by atoms with Gasteiger partial charge in [-0.25, -0.2) is 0 Å². The van der Waals surface area contributed by atoms with Crippen LogP contribution in [0.4, 0.5) is 0 Å². The maximum Gasteiger partial charge on any atom is 0.125 e. The molecule has 1 N–H and O–H groups in total. The summed E-state index contributed by atoms with van der Waals surface area (Å²) in [5, 5.41) is 9.16. The Morgan fingerprint density at radius 2 is 2.05 bits per heavy atom. The lowest BCUT2D eigenvalue weighted by Crippen LogP contribution is -2.08. The van der Waals surface area contributed by atoms with Crippen molar-refractivity contribution in [3.05, 3.63) is 28.8 Å². The molecule has 1 aromatic rings. The fourth-order valence-corrected chi connectivity index (χ4v) is 2.72. The Morgan fingerprint density at radius 3 is 2.63 bits per heavy atom. The van der Waals surface area contributed by atoms with E-state index in [1.807, 2.05) is 26.0 Å². The van der Waals surface area contributed by atoms with E-state index in [1.165, 1.54) is 12.8 Å². The van der Waals surface area contributed by atoms with Crippen molar-refractivity contribution in [3.8, 4) is 5.75 Å². The highest BCUT2D eigenvalue weighted by atomic mass is 16.5. The summed E-state index contributed by atoms with van der Waals surface area (Å²) in [4.78, 5) is 0. The standard InChI is InChI=1S/C16H24O3/c1-12-9-14(11-17)10-13(2)16(12)19-8-4-6-15-5-3-7-18-15/h9-10,15,17H,3-8,11H2,1-2H3. The summed E-state index contributed by atoms with van der Waals surface area (Å²) in [5.74, 6) is 0.963.